The molecule has 0 N–H and O–H groups in total. The number of sulfonamides is 1. The molecule has 1 amide bonds. The van der Waals surface area contributed by atoms with Gasteiger partial charge in [-0.1, -0.05) is 41.6 Å². The molecule has 1 fully saturated rings. The minimum Gasteiger partial charge on any atom is -0.339 e. The fourth-order valence-electron chi connectivity index (χ4n) is 3.41. The molecule has 1 aliphatic rings. The van der Waals surface area contributed by atoms with Gasteiger partial charge in [0.2, 0.25) is 15.9 Å². The maximum absolute atomic E-state index is 13.5. The molecule has 0 aliphatic carbocycles. The van der Waals surface area contributed by atoms with Crippen LogP contribution in [-0.2, 0) is 14.8 Å². The molecule has 0 bridgehead atoms. The van der Waals surface area contributed by atoms with Crippen molar-refractivity contribution in [3.63, 3.8) is 0 Å². The van der Waals surface area contributed by atoms with Crippen molar-refractivity contribution in [2.45, 2.75) is 10.1 Å². The second kappa shape index (κ2) is 9.62. The second-order valence-electron chi connectivity index (χ2n) is 7.06. The molecule has 168 valence electrons. The highest BCUT2D eigenvalue weighted by Gasteiger charge is 2.31. The fourth-order valence-corrected chi connectivity index (χ4v) is 6.20. The van der Waals surface area contributed by atoms with E-state index in [2.05, 4.69) is 4.98 Å². The van der Waals surface area contributed by atoms with Gasteiger partial charge in [0.05, 0.1) is 16.5 Å². The summed E-state index contributed by atoms with van der Waals surface area (Å²) in [6, 6.07) is 12.5. The van der Waals surface area contributed by atoms with Crippen LogP contribution in [0.1, 0.15) is 0 Å². The number of nitrogens with zero attached hydrogens (tertiary/aromatic N) is 4. The minimum atomic E-state index is -3.72. The molecule has 0 atom stereocenters. The Hall–Kier alpha value is -2.40. The van der Waals surface area contributed by atoms with Crippen LogP contribution in [0, 0.1) is 5.82 Å². The Morgan fingerprint density at radius 1 is 1.09 bits per heavy atom. The van der Waals surface area contributed by atoms with E-state index >= 15 is 0 Å². The molecule has 11 heteroatoms. The highest BCUT2D eigenvalue weighted by molar-refractivity contribution is 7.99. The van der Waals surface area contributed by atoms with Crippen LogP contribution in [0.2, 0.25) is 5.02 Å². The monoisotopic (exact) mass is 494 g/mol. The van der Waals surface area contributed by atoms with E-state index in [0.717, 1.165) is 0 Å². The topological polar surface area (TPSA) is 75.5 Å². The standard InChI is InChI=1S/C21H20ClFN4O3S2/c22-18-6-1-2-7-19(18)32(29,30)26-12-10-25(11-13-26)20(28)15-31-21-24-8-9-27(21)17-5-3-4-16(23)14-17/h1-9,14H,10-13,15H2. The lowest BCUT2D eigenvalue weighted by Crippen LogP contribution is -2.51. The van der Waals surface area contributed by atoms with E-state index in [0.29, 0.717) is 23.9 Å². The van der Waals surface area contributed by atoms with Crippen molar-refractivity contribution in [2.75, 3.05) is 31.9 Å². The third kappa shape index (κ3) is 4.83. The van der Waals surface area contributed by atoms with Crippen molar-refractivity contribution in [3.05, 3.63) is 71.8 Å². The summed E-state index contributed by atoms with van der Waals surface area (Å²) in [6.07, 6.45) is 3.30. The van der Waals surface area contributed by atoms with Crippen LogP contribution in [0.4, 0.5) is 4.39 Å². The van der Waals surface area contributed by atoms with E-state index in [4.69, 9.17) is 11.6 Å². The molecule has 1 aliphatic heterocycles. The molecule has 0 spiro atoms. The van der Waals surface area contributed by atoms with Crippen molar-refractivity contribution < 1.29 is 17.6 Å². The lowest BCUT2D eigenvalue weighted by Gasteiger charge is -2.34. The Morgan fingerprint density at radius 3 is 2.56 bits per heavy atom. The largest absolute Gasteiger partial charge is 0.339 e. The van der Waals surface area contributed by atoms with Gasteiger partial charge in [-0.05, 0) is 30.3 Å². The lowest BCUT2D eigenvalue weighted by molar-refractivity contribution is -0.129. The number of imidazole rings is 1. The first-order valence-corrected chi connectivity index (χ1v) is 12.6. The maximum atomic E-state index is 13.5. The van der Waals surface area contributed by atoms with Gasteiger partial charge in [0, 0.05) is 38.6 Å². The molecule has 2 aromatic carbocycles. The first-order chi connectivity index (χ1) is 15.4. The second-order valence-corrected chi connectivity index (χ2v) is 10.3. The molecule has 4 rings (SSSR count). The van der Waals surface area contributed by atoms with Gasteiger partial charge in [-0.3, -0.25) is 9.36 Å². The molecular formula is C21H20ClFN4O3S2. The number of carbonyl (C=O) groups excluding carboxylic acids is 1. The molecule has 7 nitrogen and oxygen atoms in total. The molecular weight excluding hydrogens is 475 g/mol. The zero-order chi connectivity index (χ0) is 22.7. The van der Waals surface area contributed by atoms with Crippen LogP contribution in [0.15, 0.2) is 71.0 Å². The third-order valence-corrected chi connectivity index (χ3v) is 8.41. The summed E-state index contributed by atoms with van der Waals surface area (Å²) < 4.78 is 42.3. The predicted molar refractivity (Wildman–Crippen MR) is 121 cm³/mol. The Morgan fingerprint density at radius 2 is 1.84 bits per heavy atom. The number of hydrogen-bond acceptors (Lipinski definition) is 5. The number of benzene rings is 2. The Labute approximate surface area is 194 Å². The number of halogens is 2. The van der Waals surface area contributed by atoms with Gasteiger partial charge in [-0.2, -0.15) is 4.31 Å². The zero-order valence-corrected chi connectivity index (χ0v) is 19.3. The molecule has 2 heterocycles. The summed E-state index contributed by atoms with van der Waals surface area (Å²) in [5.74, 6) is -0.324. The predicted octanol–water partition coefficient (Wildman–Crippen LogP) is 3.29. The van der Waals surface area contributed by atoms with Crippen molar-refractivity contribution >= 4 is 39.3 Å². The summed E-state index contributed by atoms with van der Waals surface area (Å²) in [5.41, 5.74) is 0.621. The van der Waals surface area contributed by atoms with Crippen molar-refractivity contribution in [1.29, 1.82) is 0 Å². The highest BCUT2D eigenvalue weighted by Crippen LogP contribution is 2.26. The Balaban J connectivity index is 1.35. The SMILES string of the molecule is O=C(CSc1nccn1-c1cccc(F)c1)N1CCN(S(=O)(=O)c2ccccc2Cl)CC1. The maximum Gasteiger partial charge on any atom is 0.244 e. The van der Waals surface area contributed by atoms with E-state index < -0.39 is 10.0 Å². The highest BCUT2D eigenvalue weighted by atomic mass is 35.5. The number of aromatic nitrogens is 2. The van der Waals surface area contributed by atoms with Gasteiger partial charge >= 0.3 is 0 Å². The number of piperazine rings is 1. The summed E-state index contributed by atoms with van der Waals surface area (Å²) in [6.45, 7) is 0.979. The normalized spacial score (nSPS) is 15.1. The van der Waals surface area contributed by atoms with Crippen molar-refractivity contribution in [2.24, 2.45) is 0 Å². The van der Waals surface area contributed by atoms with Crippen molar-refractivity contribution in [3.8, 4) is 5.69 Å². The van der Waals surface area contributed by atoms with Crippen molar-refractivity contribution in [1.82, 2.24) is 18.8 Å². The molecule has 32 heavy (non-hydrogen) atoms. The average Bonchev–Trinajstić information content (AvgIpc) is 3.26. The Bertz CT molecular complexity index is 1230. The molecule has 0 radical (unpaired) electrons. The number of amides is 1. The van der Waals surface area contributed by atoms with E-state index in [1.165, 1.54) is 34.3 Å². The number of hydrogen-bond donors (Lipinski definition) is 0. The van der Waals surface area contributed by atoms with Gasteiger partial charge in [0.25, 0.3) is 0 Å². The van der Waals surface area contributed by atoms with Crippen LogP contribution in [0.5, 0.6) is 0 Å². The van der Waals surface area contributed by atoms with Crippen LogP contribution in [0.3, 0.4) is 0 Å². The summed E-state index contributed by atoms with van der Waals surface area (Å²) in [7, 11) is -3.72. The molecule has 1 saturated heterocycles. The molecule has 0 saturated carbocycles. The summed E-state index contributed by atoms with van der Waals surface area (Å²) in [4.78, 5) is 18.7. The summed E-state index contributed by atoms with van der Waals surface area (Å²) >= 11 is 7.31. The first-order valence-electron chi connectivity index (χ1n) is 9.81. The van der Waals surface area contributed by atoms with E-state index in [9.17, 15) is 17.6 Å². The fraction of sp³-hybridized carbons (Fsp3) is 0.238. The van der Waals surface area contributed by atoms with E-state index in [1.54, 1.807) is 52.2 Å². The van der Waals surface area contributed by atoms with Gasteiger partial charge in [-0.15, -0.1) is 0 Å². The first kappa shape index (κ1) is 22.8. The van der Waals surface area contributed by atoms with Gasteiger partial charge < -0.3 is 4.90 Å². The van der Waals surface area contributed by atoms with Crippen LogP contribution in [0.25, 0.3) is 5.69 Å². The molecule has 0 unspecified atom stereocenters. The zero-order valence-electron chi connectivity index (χ0n) is 16.9. The van der Waals surface area contributed by atoms with Crippen LogP contribution < -0.4 is 0 Å². The number of thioether (sulfide) groups is 1. The van der Waals surface area contributed by atoms with Crippen LogP contribution in [-0.4, -0.2) is 65.0 Å². The molecule has 3 aromatic rings. The number of rotatable bonds is 6. The minimum absolute atomic E-state index is 0.0705. The summed E-state index contributed by atoms with van der Waals surface area (Å²) in [5, 5.41) is 0.750. The van der Waals surface area contributed by atoms with Crippen LogP contribution >= 0.6 is 23.4 Å². The third-order valence-electron chi connectivity index (χ3n) is 5.06. The van der Waals surface area contributed by atoms with Gasteiger partial charge in [-0.25, -0.2) is 17.8 Å². The molecule has 1 aromatic heterocycles. The van der Waals surface area contributed by atoms with E-state index in [1.807, 2.05) is 0 Å². The number of carbonyl (C=O) groups is 1. The van der Waals surface area contributed by atoms with Gasteiger partial charge in [0.15, 0.2) is 5.16 Å². The van der Waals surface area contributed by atoms with E-state index in [-0.39, 0.29) is 40.5 Å². The lowest BCUT2D eigenvalue weighted by atomic mass is 10.3. The smallest absolute Gasteiger partial charge is 0.244 e. The quantitative estimate of drug-likeness (QED) is 0.491. The van der Waals surface area contributed by atoms with Gasteiger partial charge in [0.1, 0.15) is 10.7 Å². The Kier molecular flexibility index (Phi) is 6.85. The average molecular weight is 495 g/mol.